The van der Waals surface area contributed by atoms with E-state index in [9.17, 15) is 4.79 Å². The van der Waals surface area contributed by atoms with E-state index in [1.165, 1.54) is 0 Å². The van der Waals surface area contributed by atoms with Crippen molar-refractivity contribution in [1.29, 1.82) is 0 Å². The van der Waals surface area contributed by atoms with Gasteiger partial charge in [-0.1, -0.05) is 37.6 Å². The highest BCUT2D eigenvalue weighted by atomic mass is 16.5. The van der Waals surface area contributed by atoms with Gasteiger partial charge < -0.3 is 14.4 Å². The normalized spacial score (nSPS) is 10.5. The van der Waals surface area contributed by atoms with E-state index in [2.05, 4.69) is 17.1 Å². The van der Waals surface area contributed by atoms with Gasteiger partial charge in [0.1, 0.15) is 0 Å². The van der Waals surface area contributed by atoms with Crippen LogP contribution in [0.4, 0.5) is 0 Å². The summed E-state index contributed by atoms with van der Waals surface area (Å²) in [5.74, 6) is 1.64. The van der Waals surface area contributed by atoms with E-state index in [0.29, 0.717) is 35.2 Å². The van der Waals surface area contributed by atoms with Crippen LogP contribution in [0.5, 0.6) is 17.4 Å². The predicted octanol–water partition coefficient (Wildman–Crippen LogP) is 5.21. The number of para-hydroxylation sites is 2. The van der Waals surface area contributed by atoms with Crippen LogP contribution in [-0.2, 0) is 0 Å². The summed E-state index contributed by atoms with van der Waals surface area (Å²) >= 11 is 0. The molecule has 0 spiro atoms. The minimum atomic E-state index is 0.0594. The van der Waals surface area contributed by atoms with Crippen LogP contribution >= 0.6 is 0 Å². The van der Waals surface area contributed by atoms with E-state index >= 15 is 0 Å². The van der Waals surface area contributed by atoms with Gasteiger partial charge in [0, 0.05) is 30.3 Å². The average Bonchev–Trinajstić information content (AvgIpc) is 2.80. The summed E-state index contributed by atoms with van der Waals surface area (Å²) in [4.78, 5) is 14.5. The van der Waals surface area contributed by atoms with Gasteiger partial charge >= 0.3 is 0 Å². The van der Waals surface area contributed by atoms with E-state index < -0.39 is 0 Å². The Hall–Kier alpha value is -3.41. The Kier molecular flexibility index (Phi) is 7.38. The van der Waals surface area contributed by atoms with Crippen molar-refractivity contribution in [3.05, 3.63) is 66.2 Å². The maximum atomic E-state index is 12.7. The van der Waals surface area contributed by atoms with Crippen LogP contribution in [-0.4, -0.2) is 41.2 Å². The van der Waals surface area contributed by atoms with Crippen molar-refractivity contribution in [3.63, 3.8) is 0 Å². The molecule has 1 heterocycles. The Morgan fingerprint density at radius 1 is 0.933 bits per heavy atom. The lowest BCUT2D eigenvalue weighted by molar-refractivity contribution is 0.0762. The van der Waals surface area contributed by atoms with Crippen molar-refractivity contribution in [3.8, 4) is 28.6 Å². The SMILES string of the molecule is CCCCN(CC)C(=O)c1ccc(-c2ccc(Oc3ccccc3OC)nn2)cc1. The fourth-order valence-electron chi connectivity index (χ4n) is 3.06. The maximum Gasteiger partial charge on any atom is 0.253 e. The largest absolute Gasteiger partial charge is 0.493 e. The summed E-state index contributed by atoms with van der Waals surface area (Å²) in [5.41, 5.74) is 2.28. The molecular formula is C24H27N3O3. The summed E-state index contributed by atoms with van der Waals surface area (Å²) in [7, 11) is 1.59. The average molecular weight is 405 g/mol. The molecule has 0 aliphatic rings. The van der Waals surface area contributed by atoms with E-state index in [4.69, 9.17) is 9.47 Å². The molecule has 0 unspecified atom stereocenters. The zero-order valence-electron chi connectivity index (χ0n) is 17.7. The third-order valence-electron chi connectivity index (χ3n) is 4.80. The zero-order chi connectivity index (χ0) is 21.3. The standard InChI is InChI=1S/C24H27N3O3/c1-4-6-17-27(5-2)24(28)19-13-11-18(12-14-19)20-15-16-23(26-25-20)30-22-10-8-7-9-21(22)29-3/h7-16H,4-6,17H2,1-3H3. The lowest BCUT2D eigenvalue weighted by Crippen LogP contribution is -2.31. The molecule has 3 aromatic rings. The molecule has 6 heteroatoms. The molecule has 2 aromatic carbocycles. The molecule has 0 N–H and O–H groups in total. The number of carbonyl (C=O) groups is 1. The molecule has 0 saturated carbocycles. The minimum absolute atomic E-state index is 0.0594. The van der Waals surface area contributed by atoms with Crippen LogP contribution in [0.15, 0.2) is 60.7 Å². The second-order valence-corrected chi connectivity index (χ2v) is 6.83. The fraction of sp³-hybridized carbons (Fsp3) is 0.292. The molecule has 156 valence electrons. The molecule has 0 saturated heterocycles. The number of unbranched alkanes of at least 4 members (excludes halogenated alkanes) is 1. The van der Waals surface area contributed by atoms with Crippen LogP contribution < -0.4 is 9.47 Å². The predicted molar refractivity (Wildman–Crippen MR) is 117 cm³/mol. The van der Waals surface area contributed by atoms with Gasteiger partial charge in [0.2, 0.25) is 5.88 Å². The number of benzene rings is 2. The lowest BCUT2D eigenvalue weighted by Gasteiger charge is -2.20. The Morgan fingerprint density at radius 2 is 1.67 bits per heavy atom. The minimum Gasteiger partial charge on any atom is -0.493 e. The highest BCUT2D eigenvalue weighted by molar-refractivity contribution is 5.94. The number of methoxy groups -OCH3 is 1. The number of amides is 1. The smallest absolute Gasteiger partial charge is 0.253 e. The Bertz CT molecular complexity index is 956. The van der Waals surface area contributed by atoms with E-state index in [1.807, 2.05) is 66.4 Å². The number of ether oxygens (including phenoxy) is 2. The molecule has 6 nitrogen and oxygen atoms in total. The molecule has 0 aliphatic heterocycles. The van der Waals surface area contributed by atoms with Gasteiger partial charge in [-0.3, -0.25) is 4.79 Å². The zero-order valence-corrected chi connectivity index (χ0v) is 17.7. The quantitative estimate of drug-likeness (QED) is 0.489. The fourth-order valence-corrected chi connectivity index (χ4v) is 3.06. The van der Waals surface area contributed by atoms with Crippen molar-refractivity contribution >= 4 is 5.91 Å². The Balaban J connectivity index is 1.70. The van der Waals surface area contributed by atoms with Crippen molar-refractivity contribution in [2.24, 2.45) is 0 Å². The Morgan fingerprint density at radius 3 is 2.27 bits per heavy atom. The van der Waals surface area contributed by atoms with Crippen LogP contribution in [0, 0.1) is 0 Å². The summed E-state index contributed by atoms with van der Waals surface area (Å²) in [6, 6.07) is 18.4. The molecule has 1 aromatic heterocycles. The first-order chi connectivity index (χ1) is 14.7. The van der Waals surface area contributed by atoms with E-state index in [-0.39, 0.29) is 5.91 Å². The second kappa shape index (κ2) is 10.4. The first-order valence-corrected chi connectivity index (χ1v) is 10.2. The van der Waals surface area contributed by atoms with Crippen LogP contribution in [0.1, 0.15) is 37.0 Å². The number of aromatic nitrogens is 2. The number of carbonyl (C=O) groups excluding carboxylic acids is 1. The van der Waals surface area contributed by atoms with Crippen molar-refractivity contribution in [2.75, 3.05) is 20.2 Å². The summed E-state index contributed by atoms with van der Waals surface area (Å²) in [6.45, 7) is 5.62. The molecule has 0 radical (unpaired) electrons. The molecule has 0 atom stereocenters. The number of nitrogens with zero attached hydrogens (tertiary/aromatic N) is 3. The molecule has 3 rings (SSSR count). The van der Waals surface area contributed by atoms with Crippen LogP contribution in [0.25, 0.3) is 11.3 Å². The Labute approximate surface area is 177 Å². The lowest BCUT2D eigenvalue weighted by atomic mass is 10.1. The van der Waals surface area contributed by atoms with Crippen molar-refractivity contribution < 1.29 is 14.3 Å². The van der Waals surface area contributed by atoms with Crippen LogP contribution in [0.2, 0.25) is 0 Å². The molecule has 0 fully saturated rings. The first-order valence-electron chi connectivity index (χ1n) is 10.2. The summed E-state index contributed by atoms with van der Waals surface area (Å²) in [5, 5.41) is 8.41. The van der Waals surface area contributed by atoms with Gasteiger partial charge in [0.05, 0.1) is 12.8 Å². The molecule has 30 heavy (non-hydrogen) atoms. The number of hydrogen-bond acceptors (Lipinski definition) is 5. The molecule has 0 bridgehead atoms. The highest BCUT2D eigenvalue weighted by Crippen LogP contribution is 2.30. The van der Waals surface area contributed by atoms with Gasteiger partial charge in [0.25, 0.3) is 5.91 Å². The topological polar surface area (TPSA) is 64.6 Å². The first kappa shape index (κ1) is 21.3. The van der Waals surface area contributed by atoms with Crippen LogP contribution in [0.3, 0.4) is 0 Å². The van der Waals surface area contributed by atoms with E-state index in [0.717, 1.165) is 24.9 Å². The number of rotatable bonds is 9. The number of hydrogen-bond donors (Lipinski definition) is 0. The van der Waals surface area contributed by atoms with Gasteiger partial charge in [-0.2, -0.15) is 0 Å². The van der Waals surface area contributed by atoms with Gasteiger partial charge in [-0.25, -0.2) is 0 Å². The van der Waals surface area contributed by atoms with Crippen molar-refractivity contribution in [1.82, 2.24) is 15.1 Å². The van der Waals surface area contributed by atoms with Gasteiger partial charge in [-0.15, -0.1) is 10.2 Å². The van der Waals surface area contributed by atoms with Crippen molar-refractivity contribution in [2.45, 2.75) is 26.7 Å². The maximum absolute atomic E-state index is 12.7. The second-order valence-electron chi connectivity index (χ2n) is 6.83. The molecule has 0 aliphatic carbocycles. The van der Waals surface area contributed by atoms with E-state index in [1.54, 1.807) is 13.2 Å². The monoisotopic (exact) mass is 405 g/mol. The van der Waals surface area contributed by atoms with Gasteiger partial charge in [-0.05, 0) is 43.7 Å². The highest BCUT2D eigenvalue weighted by Gasteiger charge is 2.14. The molecular weight excluding hydrogens is 378 g/mol. The van der Waals surface area contributed by atoms with Gasteiger partial charge in [0.15, 0.2) is 11.5 Å². The third kappa shape index (κ3) is 5.14. The third-order valence-corrected chi connectivity index (χ3v) is 4.80. The molecule has 1 amide bonds. The summed E-state index contributed by atoms with van der Waals surface area (Å²) < 4.78 is 11.0. The summed E-state index contributed by atoms with van der Waals surface area (Å²) in [6.07, 6.45) is 2.08.